The fourth-order valence-corrected chi connectivity index (χ4v) is 3.54. The third-order valence-corrected chi connectivity index (χ3v) is 5.14. The Labute approximate surface area is 183 Å². The van der Waals surface area contributed by atoms with Gasteiger partial charge in [0.2, 0.25) is 0 Å². The second-order valence-corrected chi connectivity index (χ2v) is 8.51. The SMILES string of the molecule is CC(C)(C)N1CCN(c2c(F)cc(N3C[C@H](CNC(=O)C(F)F)OC3=O)cc2F)CCO1. The molecule has 1 aromatic carbocycles. The molecule has 0 saturated carbocycles. The number of anilines is 2. The van der Waals surface area contributed by atoms with Gasteiger partial charge >= 0.3 is 12.5 Å². The van der Waals surface area contributed by atoms with Crippen molar-refractivity contribution in [3.8, 4) is 0 Å². The summed E-state index contributed by atoms with van der Waals surface area (Å²) in [5.41, 5.74) is -0.557. The summed E-state index contributed by atoms with van der Waals surface area (Å²) in [7, 11) is 0. The van der Waals surface area contributed by atoms with Crippen LogP contribution in [0.5, 0.6) is 0 Å². The zero-order valence-electron chi connectivity index (χ0n) is 18.0. The summed E-state index contributed by atoms with van der Waals surface area (Å²) in [6.07, 6.45) is -5.02. The molecule has 2 saturated heterocycles. The van der Waals surface area contributed by atoms with Crippen LogP contribution in [-0.2, 0) is 14.4 Å². The molecule has 0 spiro atoms. The molecule has 1 N–H and O–H groups in total. The Balaban J connectivity index is 1.71. The molecule has 178 valence electrons. The zero-order chi connectivity index (χ0) is 23.6. The van der Waals surface area contributed by atoms with Gasteiger partial charge in [-0.15, -0.1) is 0 Å². The molecule has 0 aliphatic carbocycles. The molecule has 2 amide bonds. The summed E-state index contributed by atoms with van der Waals surface area (Å²) < 4.78 is 59.4. The first kappa shape index (κ1) is 24.1. The summed E-state index contributed by atoms with van der Waals surface area (Å²) in [6, 6.07) is 2.04. The molecule has 0 aromatic heterocycles. The second kappa shape index (κ2) is 9.49. The van der Waals surface area contributed by atoms with Crippen molar-refractivity contribution >= 4 is 23.4 Å². The number of hydroxylamine groups is 2. The first-order chi connectivity index (χ1) is 15.0. The molecule has 3 rings (SSSR count). The quantitative estimate of drug-likeness (QED) is 0.678. The van der Waals surface area contributed by atoms with Gasteiger partial charge in [-0.3, -0.25) is 14.5 Å². The standard InChI is InChI=1S/C20H26F4N4O4/c1-20(2,3)28-5-4-26(6-7-31-28)16-14(21)8-12(9-15(16)22)27-11-13(32-19(27)30)10-25-18(29)17(23)24/h8-9,13,17H,4-7,10-11H2,1-3H3,(H,25,29)/t13-/m0/s1. The van der Waals surface area contributed by atoms with E-state index in [1.165, 1.54) is 0 Å². The Morgan fingerprint density at radius 2 is 1.84 bits per heavy atom. The van der Waals surface area contributed by atoms with Gasteiger partial charge in [0, 0.05) is 37.3 Å². The molecule has 0 radical (unpaired) electrons. The summed E-state index contributed by atoms with van der Waals surface area (Å²) >= 11 is 0. The van der Waals surface area contributed by atoms with E-state index in [1.54, 1.807) is 9.96 Å². The lowest BCUT2D eigenvalue weighted by atomic mass is 10.1. The van der Waals surface area contributed by atoms with E-state index < -0.39 is 36.2 Å². The predicted octanol–water partition coefficient (Wildman–Crippen LogP) is 2.52. The lowest BCUT2D eigenvalue weighted by Gasteiger charge is -2.33. The Morgan fingerprint density at radius 3 is 2.44 bits per heavy atom. The minimum atomic E-state index is -3.20. The van der Waals surface area contributed by atoms with Gasteiger partial charge in [-0.1, -0.05) is 0 Å². The van der Waals surface area contributed by atoms with Crippen molar-refractivity contribution in [2.45, 2.75) is 38.8 Å². The van der Waals surface area contributed by atoms with Crippen molar-refractivity contribution in [2.75, 3.05) is 49.1 Å². The van der Waals surface area contributed by atoms with Crippen LogP contribution in [0.25, 0.3) is 0 Å². The number of halogens is 4. The number of carbonyl (C=O) groups is 2. The van der Waals surface area contributed by atoms with Crippen LogP contribution in [0.1, 0.15) is 20.8 Å². The number of ether oxygens (including phenoxy) is 1. The minimum Gasteiger partial charge on any atom is -0.442 e. The van der Waals surface area contributed by atoms with Crippen molar-refractivity contribution in [1.29, 1.82) is 0 Å². The number of benzene rings is 1. The van der Waals surface area contributed by atoms with Crippen LogP contribution in [0, 0.1) is 11.6 Å². The molecule has 8 nitrogen and oxygen atoms in total. The molecule has 1 atom stereocenters. The number of amides is 2. The third kappa shape index (κ3) is 5.41. The summed E-state index contributed by atoms with van der Waals surface area (Å²) in [5, 5.41) is 3.72. The molecule has 2 aliphatic heterocycles. The van der Waals surface area contributed by atoms with E-state index in [0.29, 0.717) is 13.1 Å². The number of rotatable bonds is 5. The van der Waals surface area contributed by atoms with Crippen LogP contribution in [0.2, 0.25) is 0 Å². The summed E-state index contributed by atoms with van der Waals surface area (Å²) in [4.78, 5) is 31.3. The number of hydrogen-bond acceptors (Lipinski definition) is 6. The van der Waals surface area contributed by atoms with E-state index in [4.69, 9.17) is 9.57 Å². The van der Waals surface area contributed by atoms with Crippen LogP contribution >= 0.6 is 0 Å². The smallest absolute Gasteiger partial charge is 0.414 e. The minimum absolute atomic E-state index is 0.0705. The molecule has 0 bridgehead atoms. The van der Waals surface area contributed by atoms with Crippen LogP contribution in [-0.4, -0.2) is 74.5 Å². The van der Waals surface area contributed by atoms with E-state index >= 15 is 0 Å². The fraction of sp³-hybridized carbons (Fsp3) is 0.600. The molecule has 2 fully saturated rings. The molecular weight excluding hydrogens is 436 g/mol. The van der Waals surface area contributed by atoms with Gasteiger partial charge in [0.15, 0.2) is 11.6 Å². The Bertz CT molecular complexity index is 841. The van der Waals surface area contributed by atoms with Crippen molar-refractivity contribution in [3.63, 3.8) is 0 Å². The highest BCUT2D eigenvalue weighted by molar-refractivity contribution is 5.90. The number of hydrogen-bond donors (Lipinski definition) is 1. The molecule has 32 heavy (non-hydrogen) atoms. The largest absolute Gasteiger partial charge is 0.442 e. The molecule has 0 unspecified atom stereocenters. The van der Waals surface area contributed by atoms with E-state index in [1.807, 2.05) is 26.1 Å². The van der Waals surface area contributed by atoms with Gasteiger partial charge in [-0.05, 0) is 20.8 Å². The van der Waals surface area contributed by atoms with Crippen molar-refractivity contribution in [1.82, 2.24) is 10.4 Å². The monoisotopic (exact) mass is 462 g/mol. The highest BCUT2D eigenvalue weighted by atomic mass is 19.3. The number of alkyl halides is 2. The Hall–Kier alpha value is -2.60. The number of nitrogens with one attached hydrogen (secondary N) is 1. The van der Waals surface area contributed by atoms with Crippen LogP contribution in [0.4, 0.5) is 33.7 Å². The van der Waals surface area contributed by atoms with Gasteiger partial charge in [0.25, 0.3) is 5.91 Å². The lowest BCUT2D eigenvalue weighted by Crippen LogP contribution is -2.42. The van der Waals surface area contributed by atoms with Crippen LogP contribution in [0.3, 0.4) is 0 Å². The molecular formula is C20H26F4N4O4. The number of cyclic esters (lactones) is 1. The van der Waals surface area contributed by atoms with Gasteiger partial charge in [0.1, 0.15) is 11.8 Å². The van der Waals surface area contributed by atoms with E-state index in [2.05, 4.69) is 0 Å². The second-order valence-electron chi connectivity index (χ2n) is 8.51. The maximum absolute atomic E-state index is 14.9. The fourth-order valence-electron chi connectivity index (χ4n) is 3.54. The average Bonchev–Trinajstić information content (AvgIpc) is 2.89. The van der Waals surface area contributed by atoms with Crippen molar-refractivity contribution < 1.29 is 36.7 Å². The Morgan fingerprint density at radius 1 is 1.19 bits per heavy atom. The Kier molecular flexibility index (Phi) is 7.13. The molecule has 12 heteroatoms. The van der Waals surface area contributed by atoms with E-state index in [0.717, 1.165) is 17.0 Å². The van der Waals surface area contributed by atoms with Crippen LogP contribution in [0.15, 0.2) is 12.1 Å². The first-order valence-electron chi connectivity index (χ1n) is 10.2. The van der Waals surface area contributed by atoms with Crippen LogP contribution < -0.4 is 15.1 Å². The highest BCUT2D eigenvalue weighted by Gasteiger charge is 2.35. The van der Waals surface area contributed by atoms with Gasteiger partial charge in [-0.2, -0.15) is 13.8 Å². The topological polar surface area (TPSA) is 74.4 Å². The summed E-state index contributed by atoms with van der Waals surface area (Å²) in [5.74, 6) is -3.20. The number of nitrogens with zero attached hydrogens (tertiary/aromatic N) is 3. The van der Waals surface area contributed by atoms with Gasteiger partial charge < -0.3 is 15.0 Å². The highest BCUT2D eigenvalue weighted by Crippen LogP contribution is 2.31. The maximum Gasteiger partial charge on any atom is 0.414 e. The van der Waals surface area contributed by atoms with E-state index in [9.17, 15) is 27.2 Å². The van der Waals surface area contributed by atoms with Crippen molar-refractivity contribution in [2.24, 2.45) is 0 Å². The van der Waals surface area contributed by atoms with E-state index in [-0.39, 0.29) is 43.2 Å². The normalized spacial score (nSPS) is 20.5. The third-order valence-electron chi connectivity index (χ3n) is 5.14. The lowest BCUT2D eigenvalue weighted by molar-refractivity contribution is -0.199. The number of carbonyl (C=O) groups excluding carboxylic acids is 2. The summed E-state index contributed by atoms with van der Waals surface area (Å²) in [6.45, 7) is 6.72. The van der Waals surface area contributed by atoms with Gasteiger partial charge in [-0.25, -0.2) is 13.6 Å². The maximum atomic E-state index is 14.9. The zero-order valence-corrected chi connectivity index (χ0v) is 18.0. The molecule has 1 aromatic rings. The first-order valence-corrected chi connectivity index (χ1v) is 10.2. The van der Waals surface area contributed by atoms with Crippen molar-refractivity contribution in [3.05, 3.63) is 23.8 Å². The molecule has 2 aliphatic rings. The molecule has 2 heterocycles. The predicted molar refractivity (Wildman–Crippen MR) is 108 cm³/mol. The van der Waals surface area contributed by atoms with Gasteiger partial charge in [0.05, 0.1) is 25.4 Å². The average molecular weight is 462 g/mol.